The highest BCUT2D eigenvalue weighted by atomic mass is 19.1. The van der Waals surface area contributed by atoms with Gasteiger partial charge < -0.3 is 73.8 Å². The van der Waals surface area contributed by atoms with E-state index in [0.29, 0.717) is 31.6 Å². The van der Waals surface area contributed by atoms with Gasteiger partial charge in [0.05, 0.1) is 64.8 Å². The molecular weight excluding hydrogens is 1030 g/mol. The molecule has 0 spiro atoms. The fourth-order valence-electron chi connectivity index (χ4n) is 12.1. The molecule has 1 unspecified atom stereocenters. The summed E-state index contributed by atoms with van der Waals surface area (Å²) in [7, 11) is 8.59. The van der Waals surface area contributed by atoms with Crippen LogP contribution in [0.1, 0.15) is 137 Å². The monoisotopic (exact) mass is 1120 g/mol. The average molecular weight is 1120 g/mol. The zero-order valence-electron chi connectivity index (χ0n) is 49.5. The van der Waals surface area contributed by atoms with Crippen LogP contribution in [0.15, 0.2) is 36.7 Å². The smallest absolute Gasteiger partial charge is 0.311 e. The van der Waals surface area contributed by atoms with E-state index in [1.807, 2.05) is 82.2 Å². The van der Waals surface area contributed by atoms with Crippen LogP contribution < -0.4 is 5.32 Å². The molecule has 0 aliphatic carbocycles. The van der Waals surface area contributed by atoms with Gasteiger partial charge >= 0.3 is 5.97 Å². The van der Waals surface area contributed by atoms with Gasteiger partial charge in [-0.15, -0.1) is 10.2 Å². The molecule has 0 saturated carbocycles. The molecule has 3 aromatic rings. The number of aromatic nitrogens is 6. The van der Waals surface area contributed by atoms with Gasteiger partial charge in [-0.2, -0.15) is 0 Å². The van der Waals surface area contributed by atoms with Gasteiger partial charge in [-0.05, 0) is 119 Å². The standard InChI is InChI=1S/C56H94FN9O13/c1-17-44-56(11,72)49(68)36(7)64(14)28-31(2)25-54(9,71)51(33(4)47(34(5)52(70)77-44)78-45-26-55(10,74-16)50(69)37(8)76-45)79-53-46(67)42(24-32(3)75-53)63(13)23-22-39-29-66(61-59-39)43(27-57)48(73-15)38-18-20-40(21-19-38)65-30-41(60-62-65)35(6)58-12/h18-21,29-37,42-51,53,58,67-69,71-72H,17,22-28H2,1-16H3/t31-,32-,33+,34-,35?,36-,37+,42+,43-,44-,45+,46-,47+,48-,49-,50+,51-,53+,54-,55-,56-/m1/s1. The van der Waals surface area contributed by atoms with Crippen molar-refractivity contribution in [2.45, 2.75) is 217 Å². The second-order valence-corrected chi connectivity index (χ2v) is 23.7. The number of alkyl halides is 1. The molecule has 1 aromatic carbocycles. The van der Waals surface area contributed by atoms with Crippen LogP contribution in [0.2, 0.25) is 0 Å². The number of nitrogens with zero attached hydrogens (tertiary/aromatic N) is 8. The molecule has 21 atom stereocenters. The first-order valence-electron chi connectivity index (χ1n) is 28.1. The summed E-state index contributed by atoms with van der Waals surface area (Å²) >= 11 is 0. The van der Waals surface area contributed by atoms with Crippen molar-refractivity contribution < 1.29 is 67.9 Å². The summed E-state index contributed by atoms with van der Waals surface area (Å²) in [6, 6.07) is 5.59. The van der Waals surface area contributed by atoms with Crippen molar-refractivity contribution in [2.75, 3.05) is 55.1 Å². The van der Waals surface area contributed by atoms with Gasteiger partial charge in [-0.3, -0.25) is 4.79 Å². The summed E-state index contributed by atoms with van der Waals surface area (Å²) in [6.07, 6.45) is -6.27. The molecule has 0 radical (unpaired) electrons. The number of nitrogens with one attached hydrogen (secondary N) is 1. The van der Waals surface area contributed by atoms with Crippen molar-refractivity contribution in [3.63, 3.8) is 0 Å². The van der Waals surface area contributed by atoms with Crippen LogP contribution in [0.5, 0.6) is 0 Å². The van der Waals surface area contributed by atoms with Crippen LogP contribution >= 0.6 is 0 Å². The number of carbonyl (C=O) groups is 1. The molecule has 22 nitrogen and oxygen atoms in total. The first kappa shape index (κ1) is 64.5. The Balaban J connectivity index is 1.24. The highest BCUT2D eigenvalue weighted by molar-refractivity contribution is 5.73. The number of carbonyl (C=O) groups excluding carboxylic acids is 1. The summed E-state index contributed by atoms with van der Waals surface area (Å²) < 4.78 is 62.4. The van der Waals surface area contributed by atoms with Crippen LogP contribution in [0, 0.1) is 17.8 Å². The van der Waals surface area contributed by atoms with Gasteiger partial charge in [-0.1, -0.05) is 43.3 Å². The summed E-state index contributed by atoms with van der Waals surface area (Å²) in [6.45, 7) is 19.5. The molecule has 0 bridgehead atoms. The van der Waals surface area contributed by atoms with Crippen molar-refractivity contribution in [3.05, 3.63) is 53.6 Å². The third-order valence-electron chi connectivity index (χ3n) is 17.4. The van der Waals surface area contributed by atoms with Crippen molar-refractivity contribution in [1.82, 2.24) is 45.1 Å². The van der Waals surface area contributed by atoms with E-state index >= 15 is 4.39 Å². The molecule has 448 valence electrons. The van der Waals surface area contributed by atoms with Crippen molar-refractivity contribution in [1.29, 1.82) is 0 Å². The van der Waals surface area contributed by atoms with E-state index in [-0.39, 0.29) is 31.2 Å². The molecule has 6 rings (SSSR count). The Bertz CT molecular complexity index is 2370. The molecule has 3 fully saturated rings. The van der Waals surface area contributed by atoms with Crippen LogP contribution in [-0.2, 0) is 44.4 Å². The fourth-order valence-corrected chi connectivity index (χ4v) is 12.1. The summed E-state index contributed by atoms with van der Waals surface area (Å²) in [5.74, 6) is -2.90. The molecule has 3 saturated heterocycles. The van der Waals surface area contributed by atoms with Crippen LogP contribution in [0.25, 0.3) is 5.69 Å². The Morgan fingerprint density at radius 2 is 1.63 bits per heavy atom. The predicted octanol–water partition coefficient (Wildman–Crippen LogP) is 3.86. The van der Waals surface area contributed by atoms with Crippen LogP contribution in [0.4, 0.5) is 4.39 Å². The van der Waals surface area contributed by atoms with Crippen molar-refractivity contribution >= 4 is 5.97 Å². The molecule has 3 aliphatic heterocycles. The largest absolute Gasteiger partial charge is 0.459 e. The van der Waals surface area contributed by atoms with E-state index in [4.69, 9.17) is 33.2 Å². The number of esters is 1. The van der Waals surface area contributed by atoms with Crippen molar-refractivity contribution in [2.24, 2.45) is 17.8 Å². The number of likely N-dealkylation sites (N-methyl/N-ethyl adjacent to an activating group) is 2. The van der Waals surface area contributed by atoms with Gasteiger partial charge in [0.1, 0.15) is 48.8 Å². The van der Waals surface area contributed by atoms with E-state index in [0.717, 1.165) is 16.9 Å². The molecule has 5 heterocycles. The Morgan fingerprint density at radius 1 is 0.949 bits per heavy atom. The maximum Gasteiger partial charge on any atom is 0.311 e. The third kappa shape index (κ3) is 14.8. The van der Waals surface area contributed by atoms with Gasteiger partial charge in [-0.25, -0.2) is 13.8 Å². The fraction of sp³-hybridized carbons (Fsp3) is 0.804. The highest BCUT2D eigenvalue weighted by Crippen LogP contribution is 2.41. The summed E-state index contributed by atoms with van der Waals surface area (Å²) in [5.41, 5.74) is -1.69. The number of hydrogen-bond acceptors (Lipinski definition) is 20. The maximum atomic E-state index is 15.0. The molecule has 0 amide bonds. The number of methoxy groups -OCH3 is 2. The SMILES string of the molecule is CC[C@H]1OC(=O)[C@H](C)[C@@H](O[C@H]2C[C@@](C)(OC)[C@@H](O)[C@H](C)O2)[C@H](C)[C@@H](O[C@@H]2O[C@H](C)C[C@H](N(C)CCc3cn([C@H](CF)[C@H](OC)c4ccc(-n5cc(C(C)NC)nn5)cc4)nn3)[C@H]2O)[C@](C)(O)C[C@@H](C)CN(C)[C@H](C)[C@@H](O)[C@]1(C)O. The maximum absolute atomic E-state index is 15.0. The Labute approximate surface area is 466 Å². The van der Waals surface area contributed by atoms with Crippen LogP contribution in [0.3, 0.4) is 0 Å². The van der Waals surface area contributed by atoms with Gasteiger partial charge in [0.15, 0.2) is 12.6 Å². The Kier molecular flexibility index (Phi) is 22.2. The highest BCUT2D eigenvalue weighted by Gasteiger charge is 2.53. The normalized spacial score (nSPS) is 38.0. The second kappa shape index (κ2) is 27.2. The first-order valence-corrected chi connectivity index (χ1v) is 28.1. The number of halogens is 1. The minimum absolute atomic E-state index is 0.0294. The van der Waals surface area contributed by atoms with Gasteiger partial charge in [0, 0.05) is 70.4 Å². The molecule has 23 heteroatoms. The number of hydrogen-bond donors (Lipinski definition) is 6. The second-order valence-electron chi connectivity index (χ2n) is 23.7. The lowest BCUT2D eigenvalue weighted by molar-refractivity contribution is -0.318. The van der Waals surface area contributed by atoms with E-state index in [9.17, 15) is 30.3 Å². The van der Waals surface area contributed by atoms with E-state index in [1.165, 1.54) is 25.8 Å². The van der Waals surface area contributed by atoms with Gasteiger partial charge in [0.2, 0.25) is 0 Å². The summed E-state index contributed by atoms with van der Waals surface area (Å²) in [5, 5.41) is 80.4. The third-order valence-corrected chi connectivity index (χ3v) is 17.4. The zero-order chi connectivity index (χ0) is 58.5. The van der Waals surface area contributed by atoms with Gasteiger partial charge in [0.25, 0.3) is 0 Å². The number of aliphatic hydroxyl groups excluding tert-OH is 3. The topological polar surface area (TPSA) is 263 Å². The first-order chi connectivity index (χ1) is 37.1. The number of benzene rings is 1. The minimum atomic E-state index is -1.86. The molecule has 3 aliphatic rings. The number of cyclic esters (lactones) is 1. The minimum Gasteiger partial charge on any atom is -0.459 e. The number of ether oxygens (including phenoxy) is 7. The molecule has 79 heavy (non-hydrogen) atoms. The molecule has 6 N–H and O–H groups in total. The number of aliphatic hydroxyl groups is 5. The predicted molar refractivity (Wildman–Crippen MR) is 290 cm³/mol. The average Bonchev–Trinajstić information content (AvgIpc) is 4.13. The Hall–Kier alpha value is -3.66. The van der Waals surface area contributed by atoms with Crippen molar-refractivity contribution in [3.8, 4) is 5.69 Å². The van der Waals surface area contributed by atoms with E-state index in [2.05, 4.69) is 25.9 Å². The van der Waals surface area contributed by atoms with Crippen LogP contribution in [-0.4, -0.2) is 217 Å². The van der Waals surface area contributed by atoms with E-state index in [1.54, 1.807) is 59.3 Å². The lowest BCUT2D eigenvalue weighted by Gasteiger charge is -2.49. The Morgan fingerprint density at radius 3 is 2.25 bits per heavy atom. The quantitative estimate of drug-likeness (QED) is 0.0988. The number of rotatable bonds is 18. The molecule has 2 aromatic heterocycles. The molecular formula is C56H94FN9O13. The van der Waals surface area contributed by atoms with E-state index < -0.39 is 127 Å². The zero-order valence-corrected chi connectivity index (χ0v) is 49.5. The lowest BCUT2D eigenvalue weighted by Crippen LogP contribution is -2.61. The summed E-state index contributed by atoms with van der Waals surface area (Å²) in [4.78, 5) is 18.5. The lowest BCUT2D eigenvalue weighted by atomic mass is 9.77.